The zero-order valence-corrected chi connectivity index (χ0v) is 15.1. The first kappa shape index (κ1) is 16.4. The van der Waals surface area contributed by atoms with Gasteiger partial charge >= 0.3 is 0 Å². The molecule has 5 aromatic rings. The Kier molecular flexibility index (Phi) is 3.95. The van der Waals surface area contributed by atoms with Gasteiger partial charge in [-0.15, -0.1) is 0 Å². The first-order chi connectivity index (χ1) is 13.8. The van der Waals surface area contributed by atoms with Crippen LogP contribution in [0.1, 0.15) is 5.69 Å². The van der Waals surface area contributed by atoms with Crippen molar-refractivity contribution in [2.75, 3.05) is 12.4 Å². The van der Waals surface area contributed by atoms with Gasteiger partial charge in [0.15, 0.2) is 0 Å². The number of benzene rings is 2. The number of anilines is 2. The van der Waals surface area contributed by atoms with Crippen LogP contribution in [0.5, 0.6) is 0 Å². The Hall–Kier alpha value is -3.78. The van der Waals surface area contributed by atoms with E-state index in [4.69, 9.17) is 4.74 Å². The number of hydrogen-bond acceptors (Lipinski definition) is 6. The normalized spacial score (nSPS) is 11.3. The second kappa shape index (κ2) is 6.75. The Morgan fingerprint density at radius 3 is 2.79 bits per heavy atom. The molecular weight excluding hydrogens is 354 g/mol. The maximum Gasteiger partial charge on any atom is 0.254 e. The van der Waals surface area contributed by atoms with Gasteiger partial charge < -0.3 is 10.1 Å². The van der Waals surface area contributed by atoms with Crippen LogP contribution in [0.4, 0.5) is 11.5 Å². The first-order valence-electron chi connectivity index (χ1n) is 8.80. The summed E-state index contributed by atoms with van der Waals surface area (Å²) in [6.07, 6.45) is 3.32. The number of nitrogens with zero attached hydrogens (tertiary/aromatic N) is 6. The lowest BCUT2D eigenvalue weighted by Crippen LogP contribution is -2.04. The minimum atomic E-state index is 0.401. The van der Waals surface area contributed by atoms with E-state index in [0.29, 0.717) is 12.4 Å². The maximum atomic E-state index is 5.20. The topological polar surface area (TPSA) is 82.2 Å². The highest BCUT2D eigenvalue weighted by Gasteiger charge is 2.10. The second-order valence-electron chi connectivity index (χ2n) is 6.32. The standard InChI is InChI=1S/C20H17N7O/c1-28-11-15-10-19(27-20(25-15)21-12-23-27)24-14-7-8-18-17(9-14)22-13-26(18)16-5-3-2-4-6-16/h2-10,12-13,24H,11H2,1H3. The number of rotatable bonds is 5. The number of hydrogen-bond donors (Lipinski definition) is 1. The number of aromatic nitrogens is 6. The molecule has 0 atom stereocenters. The molecule has 0 aliphatic rings. The van der Waals surface area contributed by atoms with E-state index < -0.39 is 0 Å². The number of nitrogens with one attached hydrogen (secondary N) is 1. The molecule has 0 unspecified atom stereocenters. The van der Waals surface area contributed by atoms with Crippen LogP contribution in [-0.4, -0.2) is 36.2 Å². The minimum absolute atomic E-state index is 0.401. The van der Waals surface area contributed by atoms with E-state index in [1.54, 1.807) is 11.6 Å². The van der Waals surface area contributed by atoms with Crippen molar-refractivity contribution in [2.24, 2.45) is 0 Å². The number of methoxy groups -OCH3 is 1. The predicted molar refractivity (Wildman–Crippen MR) is 106 cm³/mol. The third-order valence-corrected chi connectivity index (χ3v) is 4.45. The maximum absolute atomic E-state index is 5.20. The molecule has 5 rings (SSSR count). The summed E-state index contributed by atoms with van der Waals surface area (Å²) in [6.45, 7) is 0.401. The van der Waals surface area contributed by atoms with Gasteiger partial charge in [0.25, 0.3) is 5.78 Å². The van der Waals surface area contributed by atoms with E-state index in [9.17, 15) is 0 Å². The van der Waals surface area contributed by atoms with Gasteiger partial charge in [0.2, 0.25) is 0 Å². The first-order valence-corrected chi connectivity index (χ1v) is 8.80. The fraction of sp³-hybridized carbons (Fsp3) is 0.100. The molecule has 0 saturated carbocycles. The molecule has 8 heteroatoms. The Balaban J connectivity index is 1.53. The van der Waals surface area contributed by atoms with E-state index in [-0.39, 0.29) is 0 Å². The van der Waals surface area contributed by atoms with Crippen LogP contribution in [0, 0.1) is 0 Å². The fourth-order valence-corrected chi connectivity index (χ4v) is 3.20. The quantitative estimate of drug-likeness (QED) is 0.510. The highest BCUT2D eigenvalue weighted by Crippen LogP contribution is 2.24. The largest absolute Gasteiger partial charge is 0.378 e. The van der Waals surface area contributed by atoms with Gasteiger partial charge in [-0.2, -0.15) is 14.6 Å². The second-order valence-corrected chi connectivity index (χ2v) is 6.32. The lowest BCUT2D eigenvalue weighted by atomic mass is 10.2. The molecule has 8 nitrogen and oxygen atoms in total. The van der Waals surface area contributed by atoms with Crippen LogP contribution < -0.4 is 5.32 Å². The zero-order chi connectivity index (χ0) is 18.9. The monoisotopic (exact) mass is 371 g/mol. The van der Waals surface area contributed by atoms with Crippen LogP contribution in [0.25, 0.3) is 22.5 Å². The number of para-hydroxylation sites is 1. The van der Waals surface area contributed by atoms with Gasteiger partial charge in [0.1, 0.15) is 18.5 Å². The lowest BCUT2D eigenvalue weighted by molar-refractivity contribution is 0.181. The van der Waals surface area contributed by atoms with Crippen molar-refractivity contribution >= 4 is 28.3 Å². The Morgan fingerprint density at radius 2 is 1.93 bits per heavy atom. The van der Waals surface area contributed by atoms with Crippen LogP contribution in [0.3, 0.4) is 0 Å². The molecule has 0 aliphatic carbocycles. The summed E-state index contributed by atoms with van der Waals surface area (Å²) in [7, 11) is 1.64. The summed E-state index contributed by atoms with van der Waals surface area (Å²) in [5, 5.41) is 7.63. The van der Waals surface area contributed by atoms with E-state index in [0.717, 1.165) is 33.9 Å². The van der Waals surface area contributed by atoms with Crippen LogP contribution in [0.2, 0.25) is 0 Å². The molecule has 28 heavy (non-hydrogen) atoms. The molecule has 0 saturated heterocycles. The average Bonchev–Trinajstić information content (AvgIpc) is 3.35. The molecule has 0 fully saturated rings. The van der Waals surface area contributed by atoms with E-state index in [1.165, 1.54) is 6.33 Å². The molecule has 0 amide bonds. The Bertz CT molecular complexity index is 1260. The third kappa shape index (κ3) is 2.85. The van der Waals surface area contributed by atoms with Crippen molar-refractivity contribution in [3.8, 4) is 5.69 Å². The zero-order valence-electron chi connectivity index (χ0n) is 15.1. The van der Waals surface area contributed by atoms with Crippen LogP contribution in [-0.2, 0) is 11.3 Å². The van der Waals surface area contributed by atoms with Crippen LogP contribution >= 0.6 is 0 Å². The molecule has 1 N–H and O–H groups in total. The summed E-state index contributed by atoms with van der Waals surface area (Å²) in [5.41, 5.74) is 4.69. The van der Waals surface area contributed by atoms with Crippen LogP contribution in [0.15, 0.2) is 67.3 Å². The minimum Gasteiger partial charge on any atom is -0.378 e. The summed E-state index contributed by atoms with van der Waals surface area (Å²) in [5.74, 6) is 1.28. The molecule has 0 spiro atoms. The highest BCUT2D eigenvalue weighted by molar-refractivity contribution is 5.82. The van der Waals surface area contributed by atoms with Gasteiger partial charge in [-0.25, -0.2) is 9.97 Å². The Labute approximate surface area is 160 Å². The average molecular weight is 371 g/mol. The summed E-state index contributed by atoms with van der Waals surface area (Å²) < 4.78 is 8.93. The number of fused-ring (bicyclic) bond motifs is 2. The molecular formula is C20H17N7O. The molecule has 0 radical (unpaired) electrons. The van der Waals surface area contributed by atoms with E-state index in [1.807, 2.05) is 48.8 Å². The highest BCUT2D eigenvalue weighted by atomic mass is 16.5. The van der Waals surface area contributed by atoms with Crippen molar-refractivity contribution in [1.82, 2.24) is 29.1 Å². The van der Waals surface area contributed by atoms with Crippen molar-refractivity contribution in [1.29, 1.82) is 0 Å². The van der Waals surface area contributed by atoms with E-state index >= 15 is 0 Å². The van der Waals surface area contributed by atoms with Crippen molar-refractivity contribution in [3.63, 3.8) is 0 Å². The summed E-state index contributed by atoms with van der Waals surface area (Å²) >= 11 is 0. The van der Waals surface area contributed by atoms with E-state index in [2.05, 4.69) is 42.1 Å². The summed E-state index contributed by atoms with van der Waals surface area (Å²) in [4.78, 5) is 13.2. The van der Waals surface area contributed by atoms with Crippen molar-refractivity contribution in [3.05, 3.63) is 72.9 Å². The fourth-order valence-electron chi connectivity index (χ4n) is 3.20. The number of imidazole rings is 1. The van der Waals surface area contributed by atoms with Gasteiger partial charge in [0, 0.05) is 24.6 Å². The molecule has 0 aliphatic heterocycles. The van der Waals surface area contributed by atoms with Crippen molar-refractivity contribution < 1.29 is 4.74 Å². The lowest BCUT2D eigenvalue weighted by Gasteiger charge is -2.10. The van der Waals surface area contributed by atoms with Gasteiger partial charge in [0.05, 0.1) is 23.3 Å². The third-order valence-electron chi connectivity index (χ3n) is 4.45. The van der Waals surface area contributed by atoms with Gasteiger partial charge in [-0.3, -0.25) is 4.57 Å². The van der Waals surface area contributed by atoms with Gasteiger partial charge in [-0.1, -0.05) is 18.2 Å². The SMILES string of the molecule is COCc1cc(Nc2ccc3c(c2)ncn3-c2ccccc2)n2ncnc2n1. The van der Waals surface area contributed by atoms with Gasteiger partial charge in [-0.05, 0) is 30.3 Å². The molecule has 3 aromatic heterocycles. The smallest absolute Gasteiger partial charge is 0.254 e. The number of ether oxygens (including phenoxy) is 1. The summed E-state index contributed by atoms with van der Waals surface area (Å²) in [6, 6.07) is 18.1. The predicted octanol–water partition coefficient (Wildman–Crippen LogP) is 3.35. The molecule has 0 bridgehead atoms. The van der Waals surface area contributed by atoms with Crippen molar-refractivity contribution in [2.45, 2.75) is 6.61 Å². The Morgan fingerprint density at radius 1 is 1.04 bits per heavy atom. The molecule has 2 aromatic carbocycles. The molecule has 138 valence electrons. The molecule has 3 heterocycles.